The van der Waals surface area contributed by atoms with Gasteiger partial charge in [-0.05, 0) is 51.3 Å². The van der Waals surface area contributed by atoms with Gasteiger partial charge < -0.3 is 19.4 Å². The molecule has 1 amide bonds. The zero-order valence-electron chi connectivity index (χ0n) is 20.8. The van der Waals surface area contributed by atoms with E-state index in [4.69, 9.17) is 9.47 Å². The summed E-state index contributed by atoms with van der Waals surface area (Å²) in [6.07, 6.45) is -0.310. The van der Waals surface area contributed by atoms with Gasteiger partial charge in [0.1, 0.15) is 10.6 Å². The van der Waals surface area contributed by atoms with E-state index in [0.29, 0.717) is 39.1 Å². The summed E-state index contributed by atoms with van der Waals surface area (Å²) in [5.41, 5.74) is 1.78. The van der Waals surface area contributed by atoms with Gasteiger partial charge in [0.15, 0.2) is 22.2 Å². The van der Waals surface area contributed by atoms with Crippen molar-refractivity contribution in [3.8, 4) is 5.75 Å². The number of aromatic nitrogens is 4. The smallest absolute Gasteiger partial charge is 0.350 e. The molecule has 0 radical (unpaired) electrons. The molecule has 0 aliphatic carbocycles. The number of aryl methyl sites for hydroxylation is 1. The third-order valence-electron chi connectivity index (χ3n) is 5.12. The van der Waals surface area contributed by atoms with Crippen LogP contribution in [0.4, 0.5) is 5.13 Å². The van der Waals surface area contributed by atoms with Crippen molar-refractivity contribution >= 4 is 40.1 Å². The number of thiazole rings is 1. The van der Waals surface area contributed by atoms with E-state index in [1.807, 2.05) is 30.5 Å². The van der Waals surface area contributed by atoms with Gasteiger partial charge in [-0.2, -0.15) is 0 Å². The minimum atomic E-state index is -0.437. The number of carbonyl (C=O) groups is 2. The molecule has 188 valence electrons. The van der Waals surface area contributed by atoms with Crippen LogP contribution in [0.2, 0.25) is 0 Å². The number of anilines is 1. The zero-order chi connectivity index (χ0) is 25.5. The molecule has 3 aromatic rings. The molecule has 0 bridgehead atoms. The van der Waals surface area contributed by atoms with Crippen molar-refractivity contribution < 1.29 is 19.1 Å². The molecule has 1 atom stereocenters. The Kier molecular flexibility index (Phi) is 9.27. The van der Waals surface area contributed by atoms with Gasteiger partial charge in [-0.15, -0.1) is 10.2 Å². The maximum Gasteiger partial charge on any atom is 0.350 e. The van der Waals surface area contributed by atoms with Gasteiger partial charge in [-0.25, -0.2) is 9.78 Å². The van der Waals surface area contributed by atoms with Crippen LogP contribution >= 0.6 is 23.1 Å². The molecular formula is C24H31N5O4S2. The van der Waals surface area contributed by atoms with Crippen LogP contribution in [0.1, 0.15) is 73.4 Å². The van der Waals surface area contributed by atoms with Crippen LogP contribution in [-0.2, 0) is 16.1 Å². The van der Waals surface area contributed by atoms with Gasteiger partial charge in [-0.1, -0.05) is 49.1 Å². The van der Waals surface area contributed by atoms with Crippen molar-refractivity contribution in [3.63, 3.8) is 0 Å². The van der Waals surface area contributed by atoms with E-state index in [1.165, 1.54) is 17.3 Å². The van der Waals surface area contributed by atoms with E-state index in [1.54, 1.807) is 13.8 Å². The van der Waals surface area contributed by atoms with Crippen LogP contribution in [0, 0.1) is 6.92 Å². The van der Waals surface area contributed by atoms with E-state index in [0.717, 1.165) is 17.1 Å². The predicted molar refractivity (Wildman–Crippen MR) is 137 cm³/mol. The first kappa shape index (κ1) is 26.7. The summed E-state index contributed by atoms with van der Waals surface area (Å²) in [7, 11) is 0. The Morgan fingerprint density at radius 2 is 1.86 bits per heavy atom. The molecule has 0 saturated heterocycles. The molecular weight excluding hydrogens is 486 g/mol. The lowest BCUT2D eigenvalue weighted by atomic mass is 10.0. The molecule has 0 saturated carbocycles. The van der Waals surface area contributed by atoms with E-state index in [9.17, 15) is 9.59 Å². The number of ether oxygens (including phenoxy) is 2. The van der Waals surface area contributed by atoms with Gasteiger partial charge in [0.2, 0.25) is 5.91 Å². The average Bonchev–Trinajstić information content (AvgIpc) is 3.40. The number of amides is 1. The fourth-order valence-electron chi connectivity index (χ4n) is 3.31. The summed E-state index contributed by atoms with van der Waals surface area (Å²) in [4.78, 5) is 29.1. The van der Waals surface area contributed by atoms with Crippen molar-refractivity contribution in [1.29, 1.82) is 0 Å². The molecule has 2 heterocycles. The fraction of sp³-hybridized carbons (Fsp3) is 0.458. The second-order valence-corrected chi connectivity index (χ2v) is 10.0. The fourth-order valence-corrected chi connectivity index (χ4v) is 5.00. The van der Waals surface area contributed by atoms with Crippen molar-refractivity contribution in [1.82, 2.24) is 19.7 Å². The maximum absolute atomic E-state index is 12.5. The average molecular weight is 518 g/mol. The molecule has 1 aromatic carbocycles. The van der Waals surface area contributed by atoms with Crippen LogP contribution in [0.15, 0.2) is 29.4 Å². The van der Waals surface area contributed by atoms with Gasteiger partial charge in [0, 0.05) is 6.54 Å². The highest BCUT2D eigenvalue weighted by molar-refractivity contribution is 7.99. The zero-order valence-corrected chi connectivity index (χ0v) is 22.5. The monoisotopic (exact) mass is 517 g/mol. The number of thioether (sulfide) groups is 1. The molecule has 2 aromatic heterocycles. The maximum atomic E-state index is 12.5. The van der Waals surface area contributed by atoms with Gasteiger partial charge in [0.25, 0.3) is 0 Å². The summed E-state index contributed by atoms with van der Waals surface area (Å²) in [6.45, 7) is 12.6. The van der Waals surface area contributed by atoms with E-state index in [-0.39, 0.29) is 24.4 Å². The largest absolute Gasteiger partial charge is 0.483 e. The molecule has 0 fully saturated rings. The standard InChI is InChI=1S/C24H31N5O4S2/c1-7-29-21(16(6)33-18-11-9-17(10-12-18)14(3)4)27-28-24(29)34-13-19(30)26-23-25-15(5)20(35-23)22(31)32-8-2/h9-12,14,16H,7-8,13H2,1-6H3,(H,25,26,30). The first-order valence-electron chi connectivity index (χ1n) is 11.5. The van der Waals surface area contributed by atoms with Gasteiger partial charge >= 0.3 is 5.97 Å². The van der Waals surface area contributed by atoms with Gasteiger partial charge in [0.05, 0.1) is 18.1 Å². The summed E-state index contributed by atoms with van der Waals surface area (Å²) < 4.78 is 13.0. The first-order valence-corrected chi connectivity index (χ1v) is 13.3. The topological polar surface area (TPSA) is 108 Å². The van der Waals surface area contributed by atoms with Crippen LogP contribution in [0.3, 0.4) is 0 Å². The quantitative estimate of drug-likeness (QED) is 0.272. The van der Waals surface area contributed by atoms with Crippen molar-refractivity contribution in [3.05, 3.63) is 46.2 Å². The summed E-state index contributed by atoms with van der Waals surface area (Å²) >= 11 is 2.38. The highest BCUT2D eigenvalue weighted by Gasteiger charge is 2.21. The molecule has 0 spiro atoms. The van der Waals surface area contributed by atoms with E-state index >= 15 is 0 Å². The minimum Gasteiger partial charge on any atom is -0.483 e. The van der Waals surface area contributed by atoms with Gasteiger partial charge in [-0.3, -0.25) is 4.79 Å². The Labute approximate surface area is 213 Å². The van der Waals surface area contributed by atoms with Crippen molar-refractivity contribution in [2.24, 2.45) is 0 Å². The lowest BCUT2D eigenvalue weighted by molar-refractivity contribution is -0.113. The summed E-state index contributed by atoms with van der Waals surface area (Å²) in [5, 5.41) is 12.3. The third-order valence-corrected chi connectivity index (χ3v) is 7.14. The normalized spacial score (nSPS) is 12.0. The Morgan fingerprint density at radius 3 is 2.49 bits per heavy atom. The highest BCUT2D eigenvalue weighted by Crippen LogP contribution is 2.27. The molecule has 3 rings (SSSR count). The molecule has 0 aliphatic rings. The number of carbonyl (C=O) groups excluding carboxylic acids is 2. The lowest BCUT2D eigenvalue weighted by Gasteiger charge is -2.16. The molecule has 1 unspecified atom stereocenters. The van der Waals surface area contributed by atoms with Crippen LogP contribution < -0.4 is 10.1 Å². The number of esters is 1. The molecule has 9 nitrogen and oxygen atoms in total. The summed E-state index contributed by atoms with van der Waals surface area (Å²) in [5.74, 6) is 1.35. The highest BCUT2D eigenvalue weighted by atomic mass is 32.2. The predicted octanol–water partition coefficient (Wildman–Crippen LogP) is 5.23. The molecule has 0 aliphatic heterocycles. The lowest BCUT2D eigenvalue weighted by Crippen LogP contribution is -2.15. The number of hydrogen-bond acceptors (Lipinski definition) is 9. The number of benzene rings is 1. The number of nitrogens with one attached hydrogen (secondary N) is 1. The number of rotatable bonds is 11. The van der Waals surface area contributed by atoms with Crippen LogP contribution in [-0.4, -0.2) is 44.0 Å². The Hall–Kier alpha value is -2.92. The molecule has 35 heavy (non-hydrogen) atoms. The molecule has 1 N–H and O–H groups in total. The van der Waals surface area contributed by atoms with Crippen LogP contribution in [0.5, 0.6) is 5.75 Å². The SMILES string of the molecule is CCOC(=O)c1sc(NC(=O)CSc2nnc(C(C)Oc3ccc(C(C)C)cc3)n2CC)nc1C. The number of nitrogens with zero attached hydrogens (tertiary/aromatic N) is 4. The Morgan fingerprint density at radius 1 is 1.14 bits per heavy atom. The second kappa shape index (κ2) is 12.2. The first-order chi connectivity index (χ1) is 16.7. The molecule has 11 heteroatoms. The Balaban J connectivity index is 1.60. The second-order valence-electron chi connectivity index (χ2n) is 8.06. The third kappa shape index (κ3) is 6.82. The number of hydrogen-bond donors (Lipinski definition) is 1. The van der Waals surface area contributed by atoms with Crippen molar-refractivity contribution in [2.75, 3.05) is 17.7 Å². The minimum absolute atomic E-state index is 0.122. The van der Waals surface area contributed by atoms with E-state index in [2.05, 4.69) is 46.5 Å². The van der Waals surface area contributed by atoms with Crippen molar-refractivity contribution in [2.45, 2.75) is 65.3 Å². The Bertz CT molecular complexity index is 1160. The van der Waals surface area contributed by atoms with Crippen LogP contribution in [0.25, 0.3) is 0 Å². The summed E-state index contributed by atoms with van der Waals surface area (Å²) in [6, 6.07) is 8.06. The van der Waals surface area contributed by atoms with E-state index < -0.39 is 5.97 Å².